The molecule has 0 saturated heterocycles. The largest absolute Gasteiger partial charge is 0.500 e. The third kappa shape index (κ3) is 6.14. The molecule has 1 aromatic heterocycles. The summed E-state index contributed by atoms with van der Waals surface area (Å²) in [4.78, 5) is 4.27. The van der Waals surface area contributed by atoms with Crippen molar-refractivity contribution < 1.29 is 26.2 Å². The summed E-state index contributed by atoms with van der Waals surface area (Å²) in [5, 5.41) is 0. The molecule has 1 heterocycles. The van der Waals surface area contributed by atoms with Crippen molar-refractivity contribution in [1.82, 2.24) is 9.55 Å². The lowest BCUT2D eigenvalue weighted by molar-refractivity contribution is 0.123. The van der Waals surface area contributed by atoms with Gasteiger partial charge in [0, 0.05) is 52.7 Å². The molecule has 1 N–H and O–H groups in total. The standard InChI is InChI=1S/C12H24N2O6SSi/c1-18-22(19-2,20-3)11-4-6-12-13-7-9-14(12)8-5-10-21(15,16)17/h7,9H,4-6,8,10-11H2,1-3H3,(H,15,16,17). The maximum Gasteiger partial charge on any atom is 0.500 e. The maximum absolute atomic E-state index is 10.7. The third-order valence-electron chi connectivity index (χ3n) is 3.42. The van der Waals surface area contributed by atoms with Crippen LogP contribution in [0.5, 0.6) is 0 Å². The second kappa shape index (κ2) is 8.75. The molecule has 0 radical (unpaired) electrons. The molecular formula is C12H24N2O6SSi. The van der Waals surface area contributed by atoms with Crippen molar-refractivity contribution in [2.75, 3.05) is 27.1 Å². The molecule has 0 aliphatic carbocycles. The summed E-state index contributed by atoms with van der Waals surface area (Å²) in [5.41, 5.74) is 0. The number of imidazole rings is 1. The van der Waals surface area contributed by atoms with Gasteiger partial charge in [-0.2, -0.15) is 8.42 Å². The quantitative estimate of drug-likeness (QED) is 0.468. The van der Waals surface area contributed by atoms with Crippen LogP contribution in [0, 0.1) is 0 Å². The average molecular weight is 352 g/mol. The molecule has 0 bridgehead atoms. The molecule has 0 unspecified atom stereocenters. The fraction of sp³-hybridized carbons (Fsp3) is 0.750. The Labute approximate surface area is 132 Å². The van der Waals surface area contributed by atoms with Gasteiger partial charge in [-0.05, 0) is 12.8 Å². The van der Waals surface area contributed by atoms with Gasteiger partial charge in [-0.3, -0.25) is 4.55 Å². The number of aromatic nitrogens is 2. The predicted octanol–water partition coefficient (Wildman–Crippen LogP) is 0.972. The Balaban J connectivity index is 2.49. The van der Waals surface area contributed by atoms with E-state index in [0.29, 0.717) is 25.4 Å². The smallest absolute Gasteiger partial charge is 0.377 e. The Bertz CT molecular complexity index is 535. The van der Waals surface area contributed by atoms with E-state index in [1.807, 2.05) is 4.57 Å². The summed E-state index contributed by atoms with van der Waals surface area (Å²) in [7, 11) is -1.75. The first kappa shape index (κ1) is 19.3. The van der Waals surface area contributed by atoms with Gasteiger partial charge in [0.1, 0.15) is 5.82 Å². The highest BCUT2D eigenvalue weighted by molar-refractivity contribution is 7.85. The number of hydrogen-bond acceptors (Lipinski definition) is 6. The molecule has 1 aromatic rings. The zero-order chi connectivity index (χ0) is 16.6. The highest BCUT2D eigenvalue weighted by Gasteiger charge is 2.36. The van der Waals surface area contributed by atoms with Crippen LogP contribution < -0.4 is 0 Å². The van der Waals surface area contributed by atoms with E-state index in [2.05, 4.69) is 4.98 Å². The highest BCUT2D eigenvalue weighted by atomic mass is 32.2. The molecule has 0 saturated carbocycles. The van der Waals surface area contributed by atoms with Gasteiger partial charge in [0.25, 0.3) is 10.1 Å². The van der Waals surface area contributed by atoms with Gasteiger partial charge in [0.15, 0.2) is 0 Å². The van der Waals surface area contributed by atoms with E-state index in [-0.39, 0.29) is 5.75 Å². The maximum atomic E-state index is 10.7. The van der Waals surface area contributed by atoms with E-state index in [4.69, 9.17) is 17.8 Å². The summed E-state index contributed by atoms with van der Waals surface area (Å²) in [6, 6.07) is 0.675. The molecule has 0 aliphatic heterocycles. The summed E-state index contributed by atoms with van der Waals surface area (Å²) in [5.74, 6) is 0.610. The molecule has 0 spiro atoms. The monoisotopic (exact) mass is 352 g/mol. The lowest BCUT2D eigenvalue weighted by Crippen LogP contribution is -2.42. The lowest BCUT2D eigenvalue weighted by atomic mass is 10.3. The predicted molar refractivity (Wildman–Crippen MR) is 83.2 cm³/mol. The Morgan fingerprint density at radius 2 is 1.86 bits per heavy atom. The minimum absolute atomic E-state index is 0.252. The Morgan fingerprint density at radius 1 is 1.23 bits per heavy atom. The normalized spacial score (nSPS) is 12.7. The van der Waals surface area contributed by atoms with Crippen molar-refractivity contribution in [3.8, 4) is 0 Å². The van der Waals surface area contributed by atoms with Crippen LogP contribution in [0.15, 0.2) is 12.4 Å². The van der Waals surface area contributed by atoms with Crippen LogP contribution in [0.3, 0.4) is 0 Å². The first-order chi connectivity index (χ1) is 10.4. The van der Waals surface area contributed by atoms with E-state index in [1.54, 1.807) is 33.7 Å². The van der Waals surface area contributed by atoms with Crippen LogP contribution in [-0.4, -0.2) is 58.4 Å². The SMILES string of the molecule is CO[Si](CCCc1nccn1CCCS(=O)(=O)O)(OC)OC. The van der Waals surface area contributed by atoms with Gasteiger partial charge in [-0.15, -0.1) is 0 Å². The van der Waals surface area contributed by atoms with Gasteiger partial charge in [-0.25, -0.2) is 4.98 Å². The molecule has 1 rings (SSSR count). The number of nitrogens with zero attached hydrogens (tertiary/aromatic N) is 2. The van der Waals surface area contributed by atoms with Crippen LogP contribution >= 0.6 is 0 Å². The minimum Gasteiger partial charge on any atom is -0.377 e. The number of aryl methyl sites for hydroxylation is 2. The number of hydrogen-bond donors (Lipinski definition) is 1. The van der Waals surface area contributed by atoms with Crippen molar-refractivity contribution >= 4 is 18.9 Å². The molecule has 0 atom stereocenters. The van der Waals surface area contributed by atoms with Crippen molar-refractivity contribution in [2.45, 2.75) is 31.9 Å². The summed E-state index contributed by atoms with van der Waals surface area (Å²) in [6.45, 7) is 0.497. The van der Waals surface area contributed by atoms with Gasteiger partial charge in [0.2, 0.25) is 0 Å². The molecule has 0 amide bonds. The highest BCUT2D eigenvalue weighted by Crippen LogP contribution is 2.17. The third-order valence-corrected chi connectivity index (χ3v) is 7.06. The van der Waals surface area contributed by atoms with E-state index in [9.17, 15) is 8.42 Å². The van der Waals surface area contributed by atoms with Crippen molar-refractivity contribution in [3.63, 3.8) is 0 Å². The van der Waals surface area contributed by atoms with Crippen molar-refractivity contribution in [3.05, 3.63) is 18.2 Å². The van der Waals surface area contributed by atoms with Crippen LogP contribution in [0.2, 0.25) is 6.04 Å². The van der Waals surface area contributed by atoms with Crippen molar-refractivity contribution in [1.29, 1.82) is 0 Å². The molecule has 128 valence electrons. The van der Waals surface area contributed by atoms with Gasteiger partial charge < -0.3 is 17.8 Å². The van der Waals surface area contributed by atoms with E-state index in [0.717, 1.165) is 12.2 Å². The number of rotatable bonds is 11. The first-order valence-corrected chi connectivity index (χ1v) is 10.5. The van der Waals surface area contributed by atoms with E-state index < -0.39 is 18.9 Å². The van der Waals surface area contributed by atoms with Crippen LogP contribution in [0.25, 0.3) is 0 Å². The second-order valence-corrected chi connectivity index (χ2v) is 9.49. The van der Waals surface area contributed by atoms with E-state index >= 15 is 0 Å². The lowest BCUT2D eigenvalue weighted by Gasteiger charge is -2.24. The molecule has 8 nitrogen and oxygen atoms in total. The Kier molecular flexibility index (Phi) is 7.66. The summed E-state index contributed by atoms with van der Waals surface area (Å²) < 4.78 is 48.2. The molecule has 0 fully saturated rings. The minimum atomic E-state index is -3.91. The summed E-state index contributed by atoms with van der Waals surface area (Å²) >= 11 is 0. The van der Waals surface area contributed by atoms with Crippen LogP contribution in [0.4, 0.5) is 0 Å². The fourth-order valence-corrected chi connectivity index (χ4v) is 4.42. The molecule has 22 heavy (non-hydrogen) atoms. The summed E-state index contributed by atoms with van der Waals surface area (Å²) in [6.07, 6.45) is 5.32. The van der Waals surface area contributed by atoms with Gasteiger partial charge >= 0.3 is 8.80 Å². The Hall–Kier alpha value is -0.783. The first-order valence-electron chi connectivity index (χ1n) is 6.96. The van der Waals surface area contributed by atoms with E-state index in [1.165, 1.54) is 0 Å². The average Bonchev–Trinajstić information content (AvgIpc) is 2.90. The van der Waals surface area contributed by atoms with Crippen LogP contribution in [0.1, 0.15) is 18.7 Å². The van der Waals surface area contributed by atoms with Gasteiger partial charge in [-0.1, -0.05) is 0 Å². The molecule has 0 aliphatic rings. The van der Waals surface area contributed by atoms with Gasteiger partial charge in [0.05, 0.1) is 5.75 Å². The molecule has 10 heteroatoms. The molecule has 0 aromatic carbocycles. The zero-order valence-electron chi connectivity index (χ0n) is 13.2. The van der Waals surface area contributed by atoms with Crippen molar-refractivity contribution in [2.24, 2.45) is 0 Å². The fourth-order valence-electron chi connectivity index (χ4n) is 2.21. The second-order valence-electron chi connectivity index (χ2n) is 4.83. The Morgan fingerprint density at radius 3 is 2.41 bits per heavy atom. The topological polar surface area (TPSA) is 99.9 Å². The zero-order valence-corrected chi connectivity index (χ0v) is 15.0. The van der Waals surface area contributed by atoms with Crippen LogP contribution in [-0.2, 0) is 36.4 Å². The molecular weight excluding hydrogens is 328 g/mol.